The van der Waals surface area contributed by atoms with Crippen molar-refractivity contribution < 1.29 is 10.3 Å². The maximum atomic E-state index is 11.6. The molecule has 0 bridgehead atoms. The second-order valence-electron chi connectivity index (χ2n) is 6.12. The van der Waals surface area contributed by atoms with Crippen LogP contribution in [0.1, 0.15) is 37.8 Å². The van der Waals surface area contributed by atoms with E-state index in [9.17, 15) is 10.3 Å². The summed E-state index contributed by atoms with van der Waals surface area (Å²) in [4.78, 5) is 2.32. The molecule has 0 spiro atoms. The molecule has 0 atom stereocenters. The molecular formula is C21H29ClN2O2. The second-order valence-corrected chi connectivity index (χ2v) is 6.12. The van der Waals surface area contributed by atoms with E-state index in [4.69, 9.17) is 0 Å². The van der Waals surface area contributed by atoms with Gasteiger partial charge in [-0.15, -0.1) is 12.4 Å². The average Bonchev–Trinajstić information content (AvgIpc) is 2.69. The fourth-order valence-electron chi connectivity index (χ4n) is 3.17. The Morgan fingerprint density at radius 1 is 0.923 bits per heavy atom. The van der Waals surface area contributed by atoms with Gasteiger partial charge in [-0.2, -0.15) is 0 Å². The number of aliphatic hydroxyl groups is 1. The molecule has 2 aromatic rings. The fourth-order valence-corrected chi connectivity index (χ4v) is 3.17. The number of halogens is 1. The maximum Gasteiger partial charge on any atom is 0.156 e. The van der Waals surface area contributed by atoms with E-state index in [1.54, 1.807) is 0 Å². The summed E-state index contributed by atoms with van der Waals surface area (Å²) in [6.45, 7) is 7.16. The van der Waals surface area contributed by atoms with E-state index in [1.807, 2.05) is 60.7 Å². The van der Waals surface area contributed by atoms with Gasteiger partial charge in [-0.3, -0.25) is 0 Å². The number of oxime groups is 1. The highest BCUT2D eigenvalue weighted by molar-refractivity contribution is 5.96. The van der Waals surface area contributed by atoms with Crippen LogP contribution >= 0.6 is 12.4 Å². The topological polar surface area (TPSA) is 56.1 Å². The van der Waals surface area contributed by atoms with E-state index in [0.717, 1.165) is 26.1 Å². The zero-order valence-corrected chi connectivity index (χ0v) is 16.3. The Kier molecular flexibility index (Phi) is 9.35. The van der Waals surface area contributed by atoms with Crippen LogP contribution in [0.25, 0.3) is 0 Å². The van der Waals surface area contributed by atoms with E-state index in [2.05, 4.69) is 23.9 Å². The van der Waals surface area contributed by atoms with Crippen molar-refractivity contribution in [2.45, 2.75) is 32.3 Å². The zero-order chi connectivity index (χ0) is 18.1. The number of hydrogen-bond acceptors (Lipinski definition) is 4. The molecule has 2 rings (SSSR count). The van der Waals surface area contributed by atoms with Gasteiger partial charge in [0, 0.05) is 0 Å². The fraction of sp³-hybridized carbons (Fsp3) is 0.381. The lowest BCUT2D eigenvalue weighted by Gasteiger charge is -2.30. The highest BCUT2D eigenvalue weighted by Gasteiger charge is 2.37. The van der Waals surface area contributed by atoms with Crippen molar-refractivity contribution in [2.75, 3.05) is 19.6 Å². The van der Waals surface area contributed by atoms with Gasteiger partial charge in [0.05, 0.1) is 5.71 Å². The summed E-state index contributed by atoms with van der Waals surface area (Å²) in [5.41, 5.74) is 0.353. The molecule has 5 heteroatoms. The highest BCUT2D eigenvalue weighted by atomic mass is 35.5. The molecule has 0 aliphatic carbocycles. The summed E-state index contributed by atoms with van der Waals surface area (Å²) < 4.78 is 0. The number of hydrogen-bond donors (Lipinski definition) is 2. The van der Waals surface area contributed by atoms with E-state index in [1.165, 1.54) is 0 Å². The quantitative estimate of drug-likeness (QED) is 0.390. The molecule has 26 heavy (non-hydrogen) atoms. The molecule has 0 fully saturated rings. The van der Waals surface area contributed by atoms with Crippen molar-refractivity contribution >= 4 is 18.1 Å². The molecule has 0 unspecified atom stereocenters. The van der Waals surface area contributed by atoms with E-state index in [0.29, 0.717) is 23.3 Å². The predicted molar refractivity (Wildman–Crippen MR) is 109 cm³/mol. The third-order valence-corrected chi connectivity index (χ3v) is 4.70. The largest absolute Gasteiger partial charge is 0.411 e. The molecule has 0 aliphatic rings. The minimum Gasteiger partial charge on any atom is -0.411 e. The zero-order valence-electron chi connectivity index (χ0n) is 15.5. The Bertz CT molecular complexity index is 619. The standard InChI is InChI=1S/C21H28N2O2.ClH/c1-3-23(4-2)17-11-16-20(22-25)21(24,18-12-7-5-8-13-18)19-14-9-6-10-15-19;/h5-10,12-15,24-25H,3-4,11,16-17H2,1-2H3;1H. The van der Waals surface area contributed by atoms with Crippen LogP contribution in [0.3, 0.4) is 0 Å². The van der Waals surface area contributed by atoms with Crippen LogP contribution in [0.4, 0.5) is 0 Å². The van der Waals surface area contributed by atoms with E-state index < -0.39 is 5.60 Å². The summed E-state index contributed by atoms with van der Waals surface area (Å²) in [5, 5.41) is 24.8. The summed E-state index contributed by atoms with van der Waals surface area (Å²) in [6.07, 6.45) is 1.34. The third kappa shape index (κ3) is 5.07. The van der Waals surface area contributed by atoms with Gasteiger partial charge in [0.25, 0.3) is 0 Å². The molecule has 2 N–H and O–H groups in total. The molecule has 0 heterocycles. The Morgan fingerprint density at radius 2 is 1.38 bits per heavy atom. The molecule has 2 aromatic carbocycles. The molecular weight excluding hydrogens is 348 g/mol. The normalized spacial score (nSPS) is 12.1. The van der Waals surface area contributed by atoms with Crippen molar-refractivity contribution in [1.29, 1.82) is 0 Å². The lowest BCUT2D eigenvalue weighted by molar-refractivity contribution is 0.146. The molecule has 0 amide bonds. The first-order valence-corrected chi connectivity index (χ1v) is 8.94. The van der Waals surface area contributed by atoms with Crippen LogP contribution in [-0.4, -0.2) is 40.6 Å². The Hall–Kier alpha value is -1.88. The van der Waals surface area contributed by atoms with Gasteiger partial charge in [0.1, 0.15) is 0 Å². The van der Waals surface area contributed by atoms with Crippen LogP contribution in [0.2, 0.25) is 0 Å². The first kappa shape index (κ1) is 22.2. The Labute approximate surface area is 162 Å². The van der Waals surface area contributed by atoms with Gasteiger partial charge in [-0.1, -0.05) is 79.7 Å². The highest BCUT2D eigenvalue weighted by Crippen LogP contribution is 2.32. The van der Waals surface area contributed by atoms with Crippen LogP contribution in [0.5, 0.6) is 0 Å². The summed E-state index contributed by atoms with van der Waals surface area (Å²) in [7, 11) is 0. The Balaban J connectivity index is 0.00000338. The van der Waals surface area contributed by atoms with Crippen molar-refractivity contribution in [3.05, 3.63) is 71.8 Å². The predicted octanol–water partition coefficient (Wildman–Crippen LogP) is 4.30. The lowest BCUT2D eigenvalue weighted by Crippen LogP contribution is -2.37. The number of benzene rings is 2. The van der Waals surface area contributed by atoms with Crippen LogP contribution in [-0.2, 0) is 5.60 Å². The van der Waals surface area contributed by atoms with Gasteiger partial charge in [0.2, 0.25) is 0 Å². The number of nitrogens with zero attached hydrogens (tertiary/aromatic N) is 2. The molecule has 0 aromatic heterocycles. The first-order chi connectivity index (χ1) is 12.2. The molecule has 142 valence electrons. The summed E-state index contributed by atoms with van der Waals surface area (Å²) in [5.74, 6) is 0. The van der Waals surface area contributed by atoms with Gasteiger partial charge >= 0.3 is 0 Å². The average molecular weight is 377 g/mol. The second kappa shape index (κ2) is 11.0. The van der Waals surface area contributed by atoms with Gasteiger partial charge in [-0.05, 0) is 43.6 Å². The smallest absolute Gasteiger partial charge is 0.156 e. The Morgan fingerprint density at radius 3 is 1.77 bits per heavy atom. The van der Waals surface area contributed by atoms with Gasteiger partial charge in [-0.25, -0.2) is 0 Å². The molecule has 0 saturated carbocycles. The van der Waals surface area contributed by atoms with E-state index >= 15 is 0 Å². The molecule has 0 radical (unpaired) electrons. The SMILES string of the molecule is CCN(CC)CCCC(=NO)C(O)(c1ccccc1)c1ccccc1.Cl. The van der Waals surface area contributed by atoms with Crippen LogP contribution < -0.4 is 0 Å². The molecule has 0 saturated heterocycles. The minimum atomic E-state index is -1.43. The summed E-state index contributed by atoms with van der Waals surface area (Å²) in [6, 6.07) is 18.8. The number of rotatable bonds is 9. The van der Waals surface area contributed by atoms with Crippen molar-refractivity contribution in [1.82, 2.24) is 4.90 Å². The first-order valence-electron chi connectivity index (χ1n) is 8.94. The maximum absolute atomic E-state index is 11.6. The third-order valence-electron chi connectivity index (χ3n) is 4.70. The van der Waals surface area contributed by atoms with E-state index in [-0.39, 0.29) is 12.4 Å². The minimum absolute atomic E-state index is 0. The van der Waals surface area contributed by atoms with Crippen LogP contribution in [0, 0.1) is 0 Å². The molecule has 0 aliphatic heterocycles. The van der Waals surface area contributed by atoms with Crippen molar-refractivity contribution in [2.24, 2.45) is 5.16 Å². The van der Waals surface area contributed by atoms with Crippen LogP contribution in [0.15, 0.2) is 65.8 Å². The van der Waals surface area contributed by atoms with Gasteiger partial charge in [0.15, 0.2) is 5.60 Å². The molecule has 4 nitrogen and oxygen atoms in total. The summed E-state index contributed by atoms with van der Waals surface area (Å²) >= 11 is 0. The monoisotopic (exact) mass is 376 g/mol. The van der Waals surface area contributed by atoms with Crippen molar-refractivity contribution in [3.8, 4) is 0 Å². The lowest BCUT2D eigenvalue weighted by atomic mass is 9.80. The van der Waals surface area contributed by atoms with Gasteiger partial charge < -0.3 is 15.2 Å². The van der Waals surface area contributed by atoms with Crippen molar-refractivity contribution in [3.63, 3.8) is 0 Å².